The van der Waals surface area contributed by atoms with Crippen molar-refractivity contribution in [3.05, 3.63) is 17.6 Å². The molecule has 1 N–H and O–H groups in total. The normalized spacial score (nSPS) is 10.7. The van der Waals surface area contributed by atoms with Gasteiger partial charge in [0, 0.05) is 5.92 Å². The monoisotopic (exact) mass is 226 g/mol. The zero-order valence-corrected chi connectivity index (χ0v) is 9.84. The van der Waals surface area contributed by atoms with E-state index in [1.165, 1.54) is 11.8 Å². The molecule has 0 bridgehead atoms. The summed E-state index contributed by atoms with van der Waals surface area (Å²) < 4.78 is 0. The van der Waals surface area contributed by atoms with Crippen LogP contribution in [0.4, 0.5) is 0 Å². The average Bonchev–Trinajstić information content (AvgIpc) is 2.16. The molecule has 0 aliphatic carbocycles. The molecule has 0 aliphatic rings. The van der Waals surface area contributed by atoms with Crippen molar-refractivity contribution in [3.8, 4) is 0 Å². The van der Waals surface area contributed by atoms with Crippen molar-refractivity contribution in [3.63, 3.8) is 0 Å². The molecule has 0 unspecified atom stereocenters. The molecule has 0 atom stereocenters. The summed E-state index contributed by atoms with van der Waals surface area (Å²) in [5.74, 6) is 0.0539. The van der Waals surface area contributed by atoms with Crippen LogP contribution in [0, 0.1) is 0 Å². The Hall–Kier alpha value is -1.10. The van der Waals surface area contributed by atoms with Crippen LogP contribution < -0.4 is 0 Å². The predicted molar refractivity (Wildman–Crippen MR) is 59.2 cm³/mol. The molecular formula is C10H14N2O2S. The van der Waals surface area contributed by atoms with Crippen molar-refractivity contribution in [1.82, 2.24) is 9.97 Å². The van der Waals surface area contributed by atoms with Crippen molar-refractivity contribution >= 4 is 17.7 Å². The highest BCUT2D eigenvalue weighted by molar-refractivity contribution is 7.98. The molecule has 1 heterocycles. The van der Waals surface area contributed by atoms with Gasteiger partial charge in [-0.1, -0.05) is 13.8 Å². The van der Waals surface area contributed by atoms with Gasteiger partial charge in [-0.15, -0.1) is 11.8 Å². The number of nitrogens with zero attached hydrogens (tertiary/aromatic N) is 2. The van der Waals surface area contributed by atoms with Crippen molar-refractivity contribution in [2.24, 2.45) is 0 Å². The molecule has 0 radical (unpaired) electrons. The number of carboxylic acids is 1. The highest BCUT2D eigenvalue weighted by Crippen LogP contribution is 2.17. The predicted octanol–water partition coefficient (Wildman–Crippen LogP) is 1.95. The lowest BCUT2D eigenvalue weighted by atomic mass is 10.2. The number of hydrogen-bond acceptors (Lipinski definition) is 4. The van der Waals surface area contributed by atoms with E-state index in [0.717, 1.165) is 5.03 Å². The second kappa shape index (κ2) is 5.11. The Morgan fingerprint density at radius 3 is 2.67 bits per heavy atom. The molecule has 1 aromatic heterocycles. The Morgan fingerprint density at radius 1 is 1.53 bits per heavy atom. The van der Waals surface area contributed by atoms with Gasteiger partial charge in [0.05, 0.1) is 17.1 Å². The Balaban J connectivity index is 3.05. The maximum absolute atomic E-state index is 10.6. The van der Waals surface area contributed by atoms with Crippen molar-refractivity contribution in [2.75, 3.05) is 6.26 Å². The molecule has 0 spiro atoms. The standard InChI is InChI=1S/C10H14N2O2S/c1-6(2)10-11-7(5-9(13)14)4-8(12-10)15-3/h4,6H,5H2,1-3H3,(H,13,14). The minimum absolute atomic E-state index is 0.0458. The van der Waals surface area contributed by atoms with E-state index in [1.807, 2.05) is 20.1 Å². The van der Waals surface area contributed by atoms with E-state index in [2.05, 4.69) is 9.97 Å². The first-order chi connectivity index (χ1) is 7.02. The van der Waals surface area contributed by atoms with Crippen molar-refractivity contribution in [1.29, 1.82) is 0 Å². The molecule has 5 heteroatoms. The SMILES string of the molecule is CSc1cc(CC(=O)O)nc(C(C)C)n1. The van der Waals surface area contributed by atoms with Gasteiger partial charge >= 0.3 is 5.97 Å². The lowest BCUT2D eigenvalue weighted by Gasteiger charge is -2.07. The fourth-order valence-corrected chi connectivity index (χ4v) is 1.54. The summed E-state index contributed by atoms with van der Waals surface area (Å²) in [7, 11) is 0. The lowest BCUT2D eigenvalue weighted by Crippen LogP contribution is -2.07. The number of hydrogen-bond donors (Lipinski definition) is 1. The number of carbonyl (C=O) groups is 1. The summed E-state index contributed by atoms with van der Waals surface area (Å²) in [5.41, 5.74) is 0.575. The topological polar surface area (TPSA) is 63.1 Å². The highest BCUT2D eigenvalue weighted by Gasteiger charge is 2.09. The fraction of sp³-hybridized carbons (Fsp3) is 0.500. The Bertz CT molecular complexity index is 366. The molecule has 1 rings (SSSR count). The Labute approximate surface area is 93.1 Å². The van der Waals surface area contributed by atoms with Gasteiger partial charge in [-0.05, 0) is 12.3 Å². The molecule has 0 saturated carbocycles. The van der Waals surface area contributed by atoms with Gasteiger partial charge in [-0.2, -0.15) is 0 Å². The summed E-state index contributed by atoms with van der Waals surface area (Å²) in [4.78, 5) is 19.1. The summed E-state index contributed by atoms with van der Waals surface area (Å²) in [6.07, 6.45) is 1.87. The second-order valence-corrected chi connectivity index (χ2v) is 4.31. The van der Waals surface area contributed by atoms with Gasteiger partial charge in [-0.25, -0.2) is 9.97 Å². The van der Waals surface area contributed by atoms with E-state index < -0.39 is 5.97 Å². The molecule has 15 heavy (non-hydrogen) atoms. The van der Waals surface area contributed by atoms with Crippen LogP contribution in [0.15, 0.2) is 11.1 Å². The summed E-state index contributed by atoms with van der Waals surface area (Å²) >= 11 is 1.50. The first kappa shape index (κ1) is 12.0. The highest BCUT2D eigenvalue weighted by atomic mass is 32.2. The van der Waals surface area contributed by atoms with Crippen LogP contribution in [0.1, 0.15) is 31.3 Å². The zero-order chi connectivity index (χ0) is 11.4. The van der Waals surface area contributed by atoms with Crippen LogP contribution >= 0.6 is 11.8 Å². The minimum atomic E-state index is -0.865. The van der Waals surface area contributed by atoms with Gasteiger partial charge in [0.1, 0.15) is 5.82 Å². The molecule has 0 fully saturated rings. The van der Waals surface area contributed by atoms with Crippen LogP contribution in [0.3, 0.4) is 0 Å². The molecule has 1 aromatic rings. The summed E-state index contributed by atoms with van der Waals surface area (Å²) in [6.45, 7) is 3.98. The van der Waals surface area contributed by atoms with Crippen LogP contribution in [-0.4, -0.2) is 27.3 Å². The maximum Gasteiger partial charge on any atom is 0.309 e. The van der Waals surface area contributed by atoms with Crippen molar-refractivity contribution in [2.45, 2.75) is 31.2 Å². The molecule has 4 nitrogen and oxygen atoms in total. The molecule has 0 amide bonds. The van der Waals surface area contributed by atoms with Gasteiger partial charge in [0.15, 0.2) is 0 Å². The van der Waals surface area contributed by atoms with Gasteiger partial charge < -0.3 is 5.11 Å². The van der Waals surface area contributed by atoms with Crippen LogP contribution in [0.25, 0.3) is 0 Å². The third-order valence-electron chi connectivity index (χ3n) is 1.83. The van der Waals surface area contributed by atoms with Gasteiger partial charge in [-0.3, -0.25) is 4.79 Å². The number of rotatable bonds is 4. The Morgan fingerprint density at radius 2 is 2.20 bits per heavy atom. The maximum atomic E-state index is 10.6. The quantitative estimate of drug-likeness (QED) is 0.628. The average molecular weight is 226 g/mol. The van der Waals surface area contributed by atoms with Crippen molar-refractivity contribution < 1.29 is 9.90 Å². The van der Waals surface area contributed by atoms with Crippen LogP contribution in [0.5, 0.6) is 0 Å². The number of aromatic nitrogens is 2. The smallest absolute Gasteiger partial charge is 0.309 e. The molecular weight excluding hydrogens is 212 g/mol. The lowest BCUT2D eigenvalue weighted by molar-refractivity contribution is -0.136. The van der Waals surface area contributed by atoms with E-state index >= 15 is 0 Å². The molecule has 0 aromatic carbocycles. The van der Waals surface area contributed by atoms with Gasteiger partial charge in [0.2, 0.25) is 0 Å². The number of thioether (sulfide) groups is 1. The minimum Gasteiger partial charge on any atom is -0.481 e. The Kier molecular flexibility index (Phi) is 4.08. The molecule has 0 aliphatic heterocycles. The zero-order valence-electron chi connectivity index (χ0n) is 9.02. The summed E-state index contributed by atoms with van der Waals surface area (Å²) in [5, 5.41) is 9.52. The second-order valence-electron chi connectivity index (χ2n) is 3.49. The third kappa shape index (κ3) is 3.51. The number of carboxylic acid groups (broad SMARTS) is 1. The van der Waals surface area contributed by atoms with Gasteiger partial charge in [0.25, 0.3) is 0 Å². The summed E-state index contributed by atoms with van der Waals surface area (Å²) in [6, 6.07) is 1.73. The van der Waals surface area contributed by atoms with Crippen LogP contribution in [-0.2, 0) is 11.2 Å². The molecule has 82 valence electrons. The molecule has 0 saturated heterocycles. The van der Waals surface area contributed by atoms with E-state index in [9.17, 15) is 4.79 Å². The fourth-order valence-electron chi connectivity index (χ4n) is 1.10. The van der Waals surface area contributed by atoms with E-state index in [-0.39, 0.29) is 12.3 Å². The number of aliphatic carboxylic acids is 1. The largest absolute Gasteiger partial charge is 0.481 e. The first-order valence-corrected chi connectivity index (χ1v) is 5.89. The van der Waals surface area contributed by atoms with E-state index in [4.69, 9.17) is 5.11 Å². The first-order valence-electron chi connectivity index (χ1n) is 4.66. The van der Waals surface area contributed by atoms with Crippen LogP contribution in [0.2, 0.25) is 0 Å². The van der Waals surface area contributed by atoms with E-state index in [1.54, 1.807) is 6.07 Å². The van der Waals surface area contributed by atoms with E-state index in [0.29, 0.717) is 11.5 Å². The third-order valence-corrected chi connectivity index (χ3v) is 2.46.